The summed E-state index contributed by atoms with van der Waals surface area (Å²) in [5.41, 5.74) is 2.35. The maximum Gasteiger partial charge on any atom is 0.337 e. The van der Waals surface area contributed by atoms with E-state index < -0.39 is 11.9 Å². The van der Waals surface area contributed by atoms with Gasteiger partial charge in [0.15, 0.2) is 5.76 Å². The minimum absolute atomic E-state index is 0.137. The Kier molecular flexibility index (Phi) is 5.94. The number of ether oxygens (including phenoxy) is 3. The summed E-state index contributed by atoms with van der Waals surface area (Å²) in [6, 6.07) is 20.6. The number of esters is 2. The van der Waals surface area contributed by atoms with Crippen LogP contribution >= 0.6 is 0 Å². The number of hydrogen-bond donors (Lipinski definition) is 0. The van der Waals surface area contributed by atoms with Gasteiger partial charge in [-0.1, -0.05) is 42.5 Å². The van der Waals surface area contributed by atoms with Crippen LogP contribution < -0.4 is 9.47 Å². The second kappa shape index (κ2) is 9.14. The molecule has 0 radical (unpaired) electrons. The molecule has 158 valence electrons. The first-order valence-corrected chi connectivity index (χ1v) is 9.75. The van der Waals surface area contributed by atoms with Gasteiger partial charge in [0.05, 0.1) is 18.2 Å². The van der Waals surface area contributed by atoms with Crippen LogP contribution in [0.15, 0.2) is 84.6 Å². The van der Waals surface area contributed by atoms with Gasteiger partial charge in [0.25, 0.3) is 0 Å². The molecule has 0 atom stereocenters. The number of carbonyl (C=O) groups is 3. The van der Waals surface area contributed by atoms with Crippen molar-refractivity contribution in [2.75, 3.05) is 7.11 Å². The van der Waals surface area contributed by atoms with Crippen molar-refractivity contribution >= 4 is 29.9 Å². The van der Waals surface area contributed by atoms with Crippen molar-refractivity contribution < 1.29 is 28.6 Å². The van der Waals surface area contributed by atoms with Gasteiger partial charge in [-0.05, 0) is 47.5 Å². The quantitative estimate of drug-likeness (QED) is 0.334. The molecule has 3 aromatic carbocycles. The summed E-state index contributed by atoms with van der Waals surface area (Å²) in [7, 11) is 1.31. The summed E-state index contributed by atoms with van der Waals surface area (Å²) in [4.78, 5) is 36.3. The van der Waals surface area contributed by atoms with Crippen LogP contribution in [0, 0.1) is 0 Å². The van der Waals surface area contributed by atoms with Crippen molar-refractivity contribution in [3.8, 4) is 11.5 Å². The highest BCUT2D eigenvalue weighted by Gasteiger charge is 2.28. The van der Waals surface area contributed by atoms with Crippen LogP contribution in [0.1, 0.15) is 31.8 Å². The van der Waals surface area contributed by atoms with Crippen molar-refractivity contribution in [2.24, 2.45) is 0 Å². The van der Waals surface area contributed by atoms with Crippen LogP contribution in [0.3, 0.4) is 0 Å². The summed E-state index contributed by atoms with van der Waals surface area (Å²) in [5.74, 6) is -0.546. The van der Waals surface area contributed by atoms with Gasteiger partial charge in [0.1, 0.15) is 11.5 Å². The Labute approximate surface area is 184 Å². The monoisotopic (exact) mass is 426 g/mol. The van der Waals surface area contributed by atoms with Gasteiger partial charge in [-0.15, -0.1) is 0 Å². The molecule has 0 fully saturated rings. The number of Topliss-reactive ketones (excluding diaryl/α,β-unsaturated/α-hetero) is 1. The molecule has 0 spiro atoms. The second-order valence-corrected chi connectivity index (χ2v) is 6.88. The Bertz CT molecular complexity index is 1240. The predicted octanol–water partition coefficient (Wildman–Crippen LogP) is 4.71. The van der Waals surface area contributed by atoms with E-state index in [9.17, 15) is 14.4 Å². The van der Waals surface area contributed by atoms with Gasteiger partial charge in [-0.2, -0.15) is 0 Å². The third kappa shape index (κ3) is 4.65. The van der Waals surface area contributed by atoms with Crippen LogP contribution in [-0.4, -0.2) is 24.8 Å². The molecule has 4 rings (SSSR count). The van der Waals surface area contributed by atoms with Gasteiger partial charge >= 0.3 is 11.9 Å². The molecule has 32 heavy (non-hydrogen) atoms. The van der Waals surface area contributed by atoms with Crippen LogP contribution in [-0.2, 0) is 9.53 Å². The van der Waals surface area contributed by atoms with Crippen molar-refractivity contribution in [1.82, 2.24) is 0 Å². The molecule has 3 aromatic rings. The molecule has 0 amide bonds. The van der Waals surface area contributed by atoms with Gasteiger partial charge in [-0.25, -0.2) is 9.59 Å². The van der Waals surface area contributed by atoms with Crippen molar-refractivity contribution in [2.45, 2.75) is 0 Å². The minimum atomic E-state index is -0.542. The number of ketones is 1. The Morgan fingerprint density at radius 2 is 1.66 bits per heavy atom. The zero-order valence-corrected chi connectivity index (χ0v) is 17.1. The van der Waals surface area contributed by atoms with E-state index in [1.807, 2.05) is 30.3 Å². The lowest BCUT2D eigenvalue weighted by Crippen LogP contribution is -2.03. The largest absolute Gasteiger partial charge is 0.465 e. The second-order valence-electron chi connectivity index (χ2n) is 6.88. The van der Waals surface area contributed by atoms with Crippen LogP contribution in [0.5, 0.6) is 11.5 Å². The SMILES string of the molecule is COC(=O)c1ccc(C=C2Oc3cc(OC(=O)C=Cc4ccccc4)ccc3C2=O)cc1. The maximum absolute atomic E-state index is 12.6. The third-order valence-electron chi connectivity index (χ3n) is 4.70. The lowest BCUT2D eigenvalue weighted by Gasteiger charge is -2.03. The lowest BCUT2D eigenvalue weighted by atomic mass is 10.1. The van der Waals surface area contributed by atoms with E-state index in [2.05, 4.69) is 4.74 Å². The smallest absolute Gasteiger partial charge is 0.337 e. The van der Waals surface area contributed by atoms with Crippen LogP contribution in [0.4, 0.5) is 0 Å². The Morgan fingerprint density at radius 1 is 0.906 bits per heavy atom. The van der Waals surface area contributed by atoms with E-state index in [0.29, 0.717) is 22.4 Å². The molecule has 1 aliphatic heterocycles. The molecule has 0 saturated carbocycles. The summed E-state index contributed by atoms with van der Waals surface area (Å²) in [6.07, 6.45) is 4.57. The highest BCUT2D eigenvalue weighted by molar-refractivity contribution is 6.14. The third-order valence-corrected chi connectivity index (χ3v) is 4.70. The number of fused-ring (bicyclic) bond motifs is 1. The Morgan fingerprint density at radius 3 is 2.38 bits per heavy atom. The number of carbonyl (C=O) groups excluding carboxylic acids is 3. The summed E-state index contributed by atoms with van der Waals surface area (Å²) >= 11 is 0. The summed E-state index contributed by atoms with van der Waals surface area (Å²) in [6.45, 7) is 0. The zero-order valence-electron chi connectivity index (χ0n) is 17.1. The molecule has 1 aliphatic rings. The van der Waals surface area contributed by atoms with E-state index in [1.165, 1.54) is 19.3 Å². The van der Waals surface area contributed by atoms with Gasteiger partial charge in [0, 0.05) is 12.1 Å². The molecule has 0 saturated heterocycles. The van der Waals surface area contributed by atoms with Crippen molar-refractivity contribution in [3.63, 3.8) is 0 Å². The van der Waals surface area contributed by atoms with Crippen molar-refractivity contribution in [1.29, 1.82) is 0 Å². The first kappa shape index (κ1) is 20.8. The minimum Gasteiger partial charge on any atom is -0.465 e. The predicted molar refractivity (Wildman–Crippen MR) is 118 cm³/mol. The molecule has 0 N–H and O–H groups in total. The van der Waals surface area contributed by atoms with Gasteiger partial charge < -0.3 is 14.2 Å². The maximum atomic E-state index is 12.6. The van der Waals surface area contributed by atoms with E-state index in [1.54, 1.807) is 48.6 Å². The summed E-state index contributed by atoms with van der Waals surface area (Å²) in [5, 5.41) is 0. The molecule has 6 nitrogen and oxygen atoms in total. The molecular formula is C26H18O6. The van der Waals surface area contributed by atoms with E-state index in [4.69, 9.17) is 9.47 Å². The lowest BCUT2D eigenvalue weighted by molar-refractivity contribution is -0.128. The molecule has 6 heteroatoms. The Balaban J connectivity index is 1.46. The number of rotatable bonds is 5. The van der Waals surface area contributed by atoms with Crippen LogP contribution in [0.2, 0.25) is 0 Å². The number of allylic oxidation sites excluding steroid dienone is 1. The first-order chi connectivity index (χ1) is 15.5. The topological polar surface area (TPSA) is 78.9 Å². The standard InChI is InChI=1S/C26H18O6/c1-30-26(29)19-10-7-18(8-11-19)15-23-25(28)21-13-12-20(16-22(21)32-23)31-24(27)14-9-17-5-3-2-4-6-17/h2-16H,1H3. The van der Waals surface area contributed by atoms with Gasteiger partial charge in [-0.3, -0.25) is 4.79 Å². The number of hydrogen-bond acceptors (Lipinski definition) is 6. The highest BCUT2D eigenvalue weighted by atomic mass is 16.5. The average molecular weight is 426 g/mol. The van der Waals surface area contributed by atoms with E-state index >= 15 is 0 Å². The first-order valence-electron chi connectivity index (χ1n) is 9.75. The number of benzene rings is 3. The van der Waals surface area contributed by atoms with E-state index in [-0.39, 0.29) is 17.3 Å². The van der Waals surface area contributed by atoms with Crippen molar-refractivity contribution in [3.05, 3.63) is 107 Å². The van der Waals surface area contributed by atoms with Gasteiger partial charge in [0.2, 0.25) is 5.78 Å². The molecule has 0 bridgehead atoms. The summed E-state index contributed by atoms with van der Waals surface area (Å²) < 4.78 is 15.7. The molecule has 0 aliphatic carbocycles. The number of methoxy groups -OCH3 is 1. The fraction of sp³-hybridized carbons (Fsp3) is 0.0385. The Hall–Kier alpha value is -4.45. The zero-order chi connectivity index (χ0) is 22.5. The molecular weight excluding hydrogens is 408 g/mol. The van der Waals surface area contributed by atoms with Crippen LogP contribution in [0.25, 0.3) is 12.2 Å². The molecule has 0 unspecified atom stereocenters. The normalized spacial score (nSPS) is 13.7. The molecule has 1 heterocycles. The van der Waals surface area contributed by atoms with E-state index in [0.717, 1.165) is 5.56 Å². The fourth-order valence-corrected chi connectivity index (χ4v) is 3.09. The average Bonchev–Trinajstić information content (AvgIpc) is 3.12. The molecule has 0 aromatic heterocycles. The fourth-order valence-electron chi connectivity index (χ4n) is 3.09. The highest BCUT2D eigenvalue weighted by Crippen LogP contribution is 2.35.